The van der Waals surface area contributed by atoms with Crippen LogP contribution in [0, 0.1) is 5.82 Å². The van der Waals surface area contributed by atoms with E-state index >= 15 is 0 Å². The van der Waals surface area contributed by atoms with Gasteiger partial charge in [0, 0.05) is 6.08 Å². The molecule has 2 rings (SSSR count). The van der Waals surface area contributed by atoms with E-state index in [4.69, 9.17) is 9.84 Å². The number of imide groups is 1. The number of benzene rings is 1. The van der Waals surface area contributed by atoms with Crippen LogP contribution in [0.25, 0.3) is 0 Å². The fourth-order valence-electron chi connectivity index (χ4n) is 2.22. The van der Waals surface area contributed by atoms with Crippen LogP contribution in [0.3, 0.4) is 0 Å². The molecule has 2 amide bonds. The molecule has 1 aromatic rings. The number of amides is 2. The summed E-state index contributed by atoms with van der Waals surface area (Å²) in [6.07, 6.45) is 1.04. The van der Waals surface area contributed by atoms with Gasteiger partial charge in [0.1, 0.15) is 17.1 Å². The Labute approximate surface area is 136 Å². The smallest absolute Gasteiger partial charge is 0.344 e. The molecule has 0 radical (unpaired) electrons. The van der Waals surface area contributed by atoms with Crippen molar-refractivity contribution in [3.63, 3.8) is 0 Å². The lowest BCUT2D eigenvalue weighted by atomic mass is 10.1. The molecule has 1 heterocycles. The van der Waals surface area contributed by atoms with Crippen molar-refractivity contribution in [1.29, 1.82) is 0 Å². The minimum atomic E-state index is -0.947. The first-order valence-corrected chi connectivity index (χ1v) is 6.84. The average Bonchev–Trinajstić information content (AvgIpc) is 2.83. The van der Waals surface area contributed by atoms with Crippen molar-refractivity contribution in [3.8, 4) is 5.75 Å². The maximum Gasteiger partial charge on any atom is 0.344 e. The number of esters is 1. The molecule has 0 saturated carbocycles. The summed E-state index contributed by atoms with van der Waals surface area (Å²) in [5.41, 5.74) is -0.415. The van der Waals surface area contributed by atoms with Crippen LogP contribution in [-0.2, 0) is 14.3 Å². The number of hydrogen-bond acceptors (Lipinski definition) is 7. The van der Waals surface area contributed by atoms with Crippen LogP contribution >= 0.6 is 0 Å². The highest BCUT2D eigenvalue weighted by molar-refractivity contribution is 6.17. The summed E-state index contributed by atoms with van der Waals surface area (Å²) < 4.78 is 23.4. The summed E-state index contributed by atoms with van der Waals surface area (Å²) >= 11 is 0. The summed E-state index contributed by atoms with van der Waals surface area (Å²) in [5.74, 6) is -3.21. The van der Waals surface area contributed by atoms with E-state index in [9.17, 15) is 18.8 Å². The van der Waals surface area contributed by atoms with Gasteiger partial charge in [-0.15, -0.1) is 0 Å². The van der Waals surface area contributed by atoms with Gasteiger partial charge in [-0.1, -0.05) is 0 Å². The molecule has 1 aliphatic rings. The van der Waals surface area contributed by atoms with E-state index in [1.807, 2.05) is 0 Å². The van der Waals surface area contributed by atoms with Crippen molar-refractivity contribution in [2.45, 2.75) is 0 Å². The molecule has 0 saturated heterocycles. The summed E-state index contributed by atoms with van der Waals surface area (Å²) in [4.78, 5) is 36.4. The monoisotopic (exact) mass is 338 g/mol. The SMILES string of the molecule is COC(=O)c1c(F)ccc(NC2=CC(=O)N(CCO)C2=O)c1OC. The number of carbonyl (C=O) groups excluding carboxylic acids is 3. The molecule has 1 aliphatic heterocycles. The molecule has 2 N–H and O–H groups in total. The predicted molar refractivity (Wildman–Crippen MR) is 79.8 cm³/mol. The van der Waals surface area contributed by atoms with E-state index in [1.54, 1.807) is 0 Å². The van der Waals surface area contributed by atoms with Gasteiger partial charge in [0.2, 0.25) is 0 Å². The van der Waals surface area contributed by atoms with Crippen molar-refractivity contribution >= 4 is 23.5 Å². The number of nitrogens with zero attached hydrogens (tertiary/aromatic N) is 1. The van der Waals surface area contributed by atoms with E-state index in [0.717, 1.165) is 24.2 Å². The van der Waals surface area contributed by atoms with Gasteiger partial charge in [-0.05, 0) is 12.1 Å². The zero-order chi connectivity index (χ0) is 17.9. The second-order valence-electron chi connectivity index (χ2n) is 4.70. The quantitative estimate of drug-likeness (QED) is 0.567. The Hall–Kier alpha value is -2.94. The van der Waals surface area contributed by atoms with E-state index in [-0.39, 0.29) is 30.3 Å². The molecule has 8 nitrogen and oxygen atoms in total. The number of anilines is 1. The first kappa shape index (κ1) is 17.4. The summed E-state index contributed by atoms with van der Waals surface area (Å²) in [6.45, 7) is -0.516. The fraction of sp³-hybridized carbons (Fsp3) is 0.267. The number of rotatable bonds is 6. The molecule has 0 fully saturated rings. The number of aliphatic hydroxyl groups is 1. The Morgan fingerprint density at radius 3 is 2.62 bits per heavy atom. The standard InChI is InChI=1S/C15H15FN2O6/c1-23-13-9(4-3-8(16)12(13)15(22)24-2)17-10-7-11(20)18(5-6-19)14(10)21/h3-4,7,17,19H,5-6H2,1-2H3. The van der Waals surface area contributed by atoms with Crippen molar-refractivity contribution in [1.82, 2.24) is 4.90 Å². The number of methoxy groups -OCH3 is 2. The van der Waals surface area contributed by atoms with Gasteiger partial charge in [0.05, 0.1) is 33.1 Å². The third-order valence-electron chi connectivity index (χ3n) is 3.30. The fourth-order valence-corrected chi connectivity index (χ4v) is 2.22. The summed E-state index contributed by atoms with van der Waals surface area (Å²) in [7, 11) is 2.32. The third kappa shape index (κ3) is 3.06. The molecule has 0 aromatic heterocycles. The Balaban J connectivity index is 2.38. The van der Waals surface area contributed by atoms with Crippen LogP contribution < -0.4 is 10.1 Å². The number of β-amino-alcohol motifs (C(OH)–C–C–N with tert-alkyl or cyclic N) is 1. The normalized spacial score (nSPS) is 13.8. The number of halogens is 1. The van der Waals surface area contributed by atoms with Gasteiger partial charge in [0.25, 0.3) is 11.8 Å². The highest BCUT2D eigenvalue weighted by atomic mass is 19.1. The van der Waals surface area contributed by atoms with Gasteiger partial charge in [0.15, 0.2) is 5.75 Å². The Morgan fingerprint density at radius 2 is 2.04 bits per heavy atom. The maximum atomic E-state index is 13.9. The zero-order valence-corrected chi connectivity index (χ0v) is 13.0. The second kappa shape index (κ2) is 7.09. The molecule has 128 valence electrons. The largest absolute Gasteiger partial charge is 0.494 e. The van der Waals surface area contributed by atoms with Gasteiger partial charge < -0.3 is 19.9 Å². The van der Waals surface area contributed by atoms with E-state index in [1.165, 1.54) is 13.2 Å². The minimum absolute atomic E-state index is 0.0887. The molecule has 0 bridgehead atoms. The first-order chi connectivity index (χ1) is 11.4. The van der Waals surface area contributed by atoms with E-state index < -0.39 is 29.2 Å². The summed E-state index contributed by atoms with van der Waals surface area (Å²) in [6, 6.07) is 2.26. The third-order valence-corrected chi connectivity index (χ3v) is 3.30. The molecular formula is C15H15FN2O6. The maximum absolute atomic E-state index is 13.9. The molecule has 0 aliphatic carbocycles. The molecule has 0 atom stereocenters. The van der Waals surface area contributed by atoms with Gasteiger partial charge in [-0.25, -0.2) is 9.18 Å². The van der Waals surface area contributed by atoms with Crippen molar-refractivity contribution in [2.24, 2.45) is 0 Å². The topological polar surface area (TPSA) is 105 Å². The van der Waals surface area contributed by atoms with E-state index in [2.05, 4.69) is 10.1 Å². The average molecular weight is 338 g/mol. The van der Waals surface area contributed by atoms with Crippen LogP contribution in [0.4, 0.5) is 10.1 Å². The highest BCUT2D eigenvalue weighted by Gasteiger charge is 2.32. The lowest BCUT2D eigenvalue weighted by molar-refractivity contribution is -0.137. The lowest BCUT2D eigenvalue weighted by Gasteiger charge is -2.16. The summed E-state index contributed by atoms with van der Waals surface area (Å²) in [5, 5.41) is 11.5. The van der Waals surface area contributed by atoms with Crippen molar-refractivity contribution < 1.29 is 33.4 Å². The van der Waals surface area contributed by atoms with Crippen LogP contribution in [-0.4, -0.2) is 55.2 Å². The minimum Gasteiger partial charge on any atom is -0.494 e. The Bertz CT molecular complexity index is 731. The van der Waals surface area contributed by atoms with Crippen molar-refractivity contribution in [2.75, 3.05) is 32.7 Å². The molecule has 1 aromatic carbocycles. The predicted octanol–water partition coefficient (Wildman–Crippen LogP) is 0.278. The highest BCUT2D eigenvalue weighted by Crippen LogP contribution is 2.33. The van der Waals surface area contributed by atoms with Gasteiger partial charge >= 0.3 is 5.97 Å². The number of carbonyl (C=O) groups is 3. The molecular weight excluding hydrogens is 323 g/mol. The second-order valence-corrected chi connectivity index (χ2v) is 4.70. The number of ether oxygens (including phenoxy) is 2. The van der Waals surface area contributed by atoms with Crippen LogP contribution in [0.2, 0.25) is 0 Å². The Morgan fingerprint density at radius 1 is 1.33 bits per heavy atom. The van der Waals surface area contributed by atoms with Crippen LogP contribution in [0.1, 0.15) is 10.4 Å². The lowest BCUT2D eigenvalue weighted by Crippen LogP contribution is -2.34. The molecule has 9 heteroatoms. The molecule has 0 unspecified atom stereocenters. The number of aliphatic hydroxyl groups excluding tert-OH is 1. The van der Waals surface area contributed by atoms with E-state index in [0.29, 0.717) is 0 Å². The molecule has 0 spiro atoms. The van der Waals surface area contributed by atoms with Crippen LogP contribution in [0.15, 0.2) is 23.9 Å². The number of hydrogen-bond donors (Lipinski definition) is 2. The Kier molecular flexibility index (Phi) is 5.14. The van der Waals surface area contributed by atoms with Crippen LogP contribution in [0.5, 0.6) is 5.75 Å². The zero-order valence-electron chi connectivity index (χ0n) is 13.0. The van der Waals surface area contributed by atoms with Gasteiger partial charge in [-0.2, -0.15) is 0 Å². The number of nitrogens with one attached hydrogen (secondary N) is 1. The van der Waals surface area contributed by atoms with Gasteiger partial charge in [-0.3, -0.25) is 14.5 Å². The molecule has 24 heavy (non-hydrogen) atoms. The first-order valence-electron chi connectivity index (χ1n) is 6.84. The van der Waals surface area contributed by atoms with Crippen molar-refractivity contribution in [3.05, 3.63) is 35.3 Å².